The summed E-state index contributed by atoms with van der Waals surface area (Å²) in [6, 6.07) is 0. The first-order valence-corrected chi connectivity index (χ1v) is 6.53. The molecule has 1 aliphatic carbocycles. The van der Waals surface area contributed by atoms with Gasteiger partial charge in [-0.05, 0) is 40.6 Å². The van der Waals surface area contributed by atoms with Gasteiger partial charge in [0.05, 0.1) is 0 Å². The van der Waals surface area contributed by atoms with Crippen LogP contribution in [-0.4, -0.2) is 35.3 Å². The van der Waals surface area contributed by atoms with Gasteiger partial charge < -0.3 is 15.7 Å². The smallest absolute Gasteiger partial charge is 0.145 e. The second-order valence-electron chi connectivity index (χ2n) is 4.46. The van der Waals surface area contributed by atoms with E-state index in [4.69, 9.17) is 5.11 Å². The number of halogens is 1. The van der Waals surface area contributed by atoms with Crippen LogP contribution in [0.5, 0.6) is 0 Å². The van der Waals surface area contributed by atoms with Crippen LogP contribution in [0.4, 0.5) is 11.6 Å². The highest BCUT2D eigenvalue weighted by Crippen LogP contribution is 2.48. The average Bonchev–Trinajstić information content (AvgIpc) is 3.09. The molecule has 5 nitrogen and oxygen atoms in total. The van der Waals surface area contributed by atoms with Crippen molar-refractivity contribution in [3.63, 3.8) is 0 Å². The Morgan fingerprint density at radius 3 is 2.71 bits per heavy atom. The van der Waals surface area contributed by atoms with Crippen molar-refractivity contribution in [2.45, 2.75) is 19.3 Å². The number of nitrogens with one attached hydrogen (secondary N) is 2. The van der Waals surface area contributed by atoms with Crippen molar-refractivity contribution in [2.75, 3.05) is 30.8 Å². The molecular formula is C11H17BrN4O. The minimum Gasteiger partial charge on any atom is -0.396 e. The molecule has 1 aromatic heterocycles. The predicted octanol–water partition coefficient (Wildman–Crippen LogP) is 1.86. The summed E-state index contributed by atoms with van der Waals surface area (Å²) >= 11 is 3.47. The number of hydrogen-bond donors (Lipinski definition) is 3. The SMILES string of the molecule is CNc1ncnc(NCC2(CCO)CC2)c1Br. The van der Waals surface area contributed by atoms with Gasteiger partial charge in [-0.15, -0.1) is 0 Å². The van der Waals surface area contributed by atoms with Gasteiger partial charge in [0, 0.05) is 20.2 Å². The normalized spacial score (nSPS) is 16.6. The molecule has 3 N–H and O–H groups in total. The molecule has 6 heteroatoms. The molecule has 0 bridgehead atoms. The summed E-state index contributed by atoms with van der Waals surface area (Å²) < 4.78 is 0.849. The second-order valence-corrected chi connectivity index (χ2v) is 5.26. The van der Waals surface area contributed by atoms with E-state index in [9.17, 15) is 0 Å². The molecule has 17 heavy (non-hydrogen) atoms. The minimum atomic E-state index is 0.258. The summed E-state index contributed by atoms with van der Waals surface area (Å²) in [6.45, 7) is 1.11. The van der Waals surface area contributed by atoms with Crippen molar-refractivity contribution in [1.29, 1.82) is 0 Å². The first kappa shape index (κ1) is 12.6. The van der Waals surface area contributed by atoms with Crippen LogP contribution < -0.4 is 10.6 Å². The third-order valence-corrected chi connectivity index (χ3v) is 4.01. The number of aliphatic hydroxyl groups excluding tert-OH is 1. The van der Waals surface area contributed by atoms with E-state index in [1.54, 1.807) is 0 Å². The van der Waals surface area contributed by atoms with Crippen LogP contribution in [0.25, 0.3) is 0 Å². The quantitative estimate of drug-likeness (QED) is 0.748. The predicted molar refractivity (Wildman–Crippen MR) is 71.1 cm³/mol. The molecule has 1 aromatic rings. The molecule has 0 aromatic carbocycles. The van der Waals surface area contributed by atoms with Crippen LogP contribution >= 0.6 is 15.9 Å². The Bertz CT molecular complexity index is 395. The van der Waals surface area contributed by atoms with Crippen LogP contribution in [0.3, 0.4) is 0 Å². The molecule has 1 heterocycles. The standard InChI is InChI=1S/C11H17BrN4O/c1-13-9-8(12)10(16-7-15-9)14-6-11(2-3-11)4-5-17/h7,17H,2-6H2,1H3,(H2,13,14,15,16). The Kier molecular flexibility index (Phi) is 3.83. The number of aliphatic hydroxyl groups is 1. The zero-order valence-corrected chi connectivity index (χ0v) is 11.4. The maximum Gasteiger partial charge on any atom is 0.145 e. The molecule has 1 saturated carbocycles. The van der Waals surface area contributed by atoms with Gasteiger partial charge in [0.25, 0.3) is 0 Å². The van der Waals surface area contributed by atoms with Crippen molar-refractivity contribution < 1.29 is 5.11 Å². The Morgan fingerprint density at radius 1 is 1.41 bits per heavy atom. The van der Waals surface area contributed by atoms with Gasteiger partial charge in [0.15, 0.2) is 0 Å². The molecular weight excluding hydrogens is 284 g/mol. The van der Waals surface area contributed by atoms with Crippen LogP contribution in [-0.2, 0) is 0 Å². The van der Waals surface area contributed by atoms with Gasteiger partial charge in [0.2, 0.25) is 0 Å². The molecule has 0 amide bonds. The molecule has 0 atom stereocenters. The topological polar surface area (TPSA) is 70.1 Å². The van der Waals surface area contributed by atoms with E-state index in [2.05, 4.69) is 36.5 Å². The van der Waals surface area contributed by atoms with Gasteiger partial charge in [0.1, 0.15) is 22.4 Å². The summed E-state index contributed by atoms with van der Waals surface area (Å²) in [5.74, 6) is 1.57. The van der Waals surface area contributed by atoms with Crippen molar-refractivity contribution in [3.8, 4) is 0 Å². The van der Waals surface area contributed by atoms with E-state index in [-0.39, 0.29) is 12.0 Å². The highest BCUT2D eigenvalue weighted by Gasteiger charge is 2.41. The van der Waals surface area contributed by atoms with Crippen LogP contribution in [0, 0.1) is 5.41 Å². The van der Waals surface area contributed by atoms with E-state index >= 15 is 0 Å². The fraction of sp³-hybridized carbons (Fsp3) is 0.636. The Morgan fingerprint density at radius 2 is 2.12 bits per heavy atom. The lowest BCUT2D eigenvalue weighted by Gasteiger charge is -2.16. The number of hydrogen-bond acceptors (Lipinski definition) is 5. The van der Waals surface area contributed by atoms with Crippen molar-refractivity contribution in [2.24, 2.45) is 5.41 Å². The Labute approximate surface area is 109 Å². The van der Waals surface area contributed by atoms with Gasteiger partial charge >= 0.3 is 0 Å². The van der Waals surface area contributed by atoms with Crippen LogP contribution in [0.15, 0.2) is 10.8 Å². The number of nitrogens with zero attached hydrogens (tertiary/aromatic N) is 2. The summed E-state index contributed by atoms with van der Waals surface area (Å²) in [5.41, 5.74) is 0.277. The van der Waals surface area contributed by atoms with Crippen molar-refractivity contribution in [3.05, 3.63) is 10.8 Å². The third kappa shape index (κ3) is 2.87. The summed E-state index contributed by atoms with van der Waals surface area (Å²) in [7, 11) is 1.82. The second kappa shape index (κ2) is 5.18. The van der Waals surface area contributed by atoms with Crippen molar-refractivity contribution in [1.82, 2.24) is 9.97 Å². The van der Waals surface area contributed by atoms with Crippen LogP contribution in [0.2, 0.25) is 0 Å². The summed E-state index contributed by atoms with van der Waals surface area (Å²) in [6.07, 6.45) is 4.76. The number of aromatic nitrogens is 2. The van der Waals surface area contributed by atoms with E-state index in [0.717, 1.165) is 29.1 Å². The lowest BCUT2D eigenvalue weighted by Crippen LogP contribution is -2.18. The Hall–Kier alpha value is -0.880. The maximum atomic E-state index is 9.00. The van der Waals surface area contributed by atoms with E-state index < -0.39 is 0 Å². The minimum absolute atomic E-state index is 0.258. The van der Waals surface area contributed by atoms with Gasteiger partial charge in [-0.1, -0.05) is 0 Å². The first-order valence-electron chi connectivity index (χ1n) is 5.74. The zero-order chi connectivity index (χ0) is 12.3. The number of anilines is 2. The maximum absolute atomic E-state index is 9.00. The highest BCUT2D eigenvalue weighted by molar-refractivity contribution is 9.10. The first-order chi connectivity index (χ1) is 8.21. The fourth-order valence-corrected chi connectivity index (χ4v) is 2.41. The fourth-order valence-electron chi connectivity index (χ4n) is 1.87. The summed E-state index contributed by atoms with van der Waals surface area (Å²) in [5, 5.41) is 15.3. The third-order valence-electron chi connectivity index (χ3n) is 3.26. The van der Waals surface area contributed by atoms with Gasteiger partial charge in [-0.3, -0.25) is 0 Å². The van der Waals surface area contributed by atoms with Crippen molar-refractivity contribution >= 4 is 27.6 Å². The van der Waals surface area contributed by atoms with Crippen LogP contribution in [0.1, 0.15) is 19.3 Å². The highest BCUT2D eigenvalue weighted by atomic mass is 79.9. The van der Waals surface area contributed by atoms with E-state index in [1.807, 2.05) is 7.05 Å². The number of rotatable bonds is 6. The van der Waals surface area contributed by atoms with E-state index in [1.165, 1.54) is 19.2 Å². The molecule has 1 aliphatic rings. The lowest BCUT2D eigenvalue weighted by molar-refractivity contribution is 0.253. The molecule has 0 saturated heterocycles. The molecule has 0 unspecified atom stereocenters. The zero-order valence-electron chi connectivity index (χ0n) is 9.83. The molecule has 0 radical (unpaired) electrons. The molecule has 0 spiro atoms. The largest absolute Gasteiger partial charge is 0.396 e. The summed E-state index contributed by atoms with van der Waals surface area (Å²) in [4.78, 5) is 8.31. The molecule has 94 valence electrons. The van der Waals surface area contributed by atoms with E-state index in [0.29, 0.717) is 0 Å². The Balaban J connectivity index is 1.99. The molecule has 1 fully saturated rings. The molecule has 0 aliphatic heterocycles. The average molecular weight is 301 g/mol. The van der Waals surface area contributed by atoms with Gasteiger partial charge in [-0.2, -0.15) is 0 Å². The van der Waals surface area contributed by atoms with Gasteiger partial charge in [-0.25, -0.2) is 9.97 Å². The lowest BCUT2D eigenvalue weighted by atomic mass is 10.0. The molecule has 2 rings (SSSR count). The monoisotopic (exact) mass is 300 g/mol.